The number of carbonyl (C=O) groups is 2. The number of hydrogen-bond acceptors (Lipinski definition) is 4. The monoisotopic (exact) mass is 655 g/mol. The summed E-state index contributed by atoms with van der Waals surface area (Å²) < 4.78 is 78.5. The van der Waals surface area contributed by atoms with E-state index >= 15 is 0 Å². The van der Waals surface area contributed by atoms with Gasteiger partial charge < -0.3 is 20.5 Å². The van der Waals surface area contributed by atoms with E-state index in [9.17, 15) is 35.9 Å². The first kappa shape index (κ1) is 46.3. The molecule has 7 nitrogen and oxygen atoms in total. The topological polar surface area (TPSA) is 93.2 Å². The highest BCUT2D eigenvalue weighted by atomic mass is 19.3. The van der Waals surface area contributed by atoms with Gasteiger partial charge in [0, 0.05) is 50.4 Å². The van der Waals surface area contributed by atoms with Crippen LogP contribution in [0.3, 0.4) is 0 Å². The molecule has 2 rings (SSSR count). The molecule has 45 heavy (non-hydrogen) atoms. The van der Waals surface area contributed by atoms with Crippen molar-refractivity contribution in [3.63, 3.8) is 0 Å². The Morgan fingerprint density at radius 3 is 1.89 bits per heavy atom. The van der Waals surface area contributed by atoms with Crippen molar-refractivity contribution in [1.29, 1.82) is 0 Å². The predicted molar refractivity (Wildman–Crippen MR) is 171 cm³/mol. The Morgan fingerprint density at radius 1 is 0.911 bits per heavy atom. The number of aromatic nitrogens is 2. The van der Waals surface area contributed by atoms with Gasteiger partial charge in [-0.3, -0.25) is 14.0 Å². The highest BCUT2D eigenvalue weighted by Gasteiger charge is 2.28. The number of amides is 2. The summed E-state index contributed by atoms with van der Waals surface area (Å²) in [5, 5.41) is 2.55. The average Bonchev–Trinajstić information content (AvgIpc) is 3.36. The molecule has 1 atom stereocenters. The fraction of sp³-hybridized carbons (Fsp3) is 0.656. The van der Waals surface area contributed by atoms with Crippen LogP contribution in [0.1, 0.15) is 116 Å². The van der Waals surface area contributed by atoms with Gasteiger partial charge in [0.05, 0.1) is 18.8 Å². The number of alkyl halides is 3. The van der Waals surface area contributed by atoms with E-state index in [-0.39, 0.29) is 48.8 Å². The number of piperidine rings is 1. The lowest BCUT2D eigenvalue weighted by Crippen LogP contribution is -2.36. The number of rotatable bonds is 11. The van der Waals surface area contributed by atoms with E-state index in [1.54, 1.807) is 4.90 Å². The molecule has 1 aromatic heterocycles. The number of nitrogens with zero attached hydrogens (tertiary/aromatic N) is 3. The van der Waals surface area contributed by atoms with Crippen LogP contribution in [-0.2, 0) is 11.3 Å². The molecule has 0 aromatic carbocycles. The molecule has 0 saturated carbocycles. The summed E-state index contributed by atoms with van der Waals surface area (Å²) in [5.74, 6) is -4.01. The highest BCUT2D eigenvalue weighted by Crippen LogP contribution is 2.24. The van der Waals surface area contributed by atoms with Crippen molar-refractivity contribution >= 4 is 11.8 Å². The maximum atomic E-state index is 14.2. The Morgan fingerprint density at radius 2 is 1.42 bits per heavy atom. The number of halogens is 6. The van der Waals surface area contributed by atoms with Crippen LogP contribution >= 0.6 is 0 Å². The normalized spacial score (nSPS) is 14.2. The van der Waals surface area contributed by atoms with Gasteiger partial charge in [0.15, 0.2) is 5.82 Å². The first-order valence-corrected chi connectivity index (χ1v) is 15.5. The largest absolute Gasteiger partial charge is 0.354 e. The molecule has 1 aliphatic heterocycles. The molecular weight excluding hydrogens is 600 g/mol. The zero-order valence-corrected chi connectivity index (χ0v) is 28.7. The van der Waals surface area contributed by atoms with E-state index in [1.165, 1.54) is 11.5 Å². The first-order valence-electron chi connectivity index (χ1n) is 15.5. The van der Waals surface area contributed by atoms with E-state index < -0.39 is 41.7 Å². The first-order chi connectivity index (χ1) is 21.4. The van der Waals surface area contributed by atoms with Crippen molar-refractivity contribution < 1.29 is 35.9 Å². The maximum absolute atomic E-state index is 14.2. The van der Waals surface area contributed by atoms with Gasteiger partial charge >= 0.3 is 0 Å². The third-order valence-electron chi connectivity index (χ3n) is 5.88. The van der Waals surface area contributed by atoms with Crippen LogP contribution in [0.2, 0.25) is 0 Å². The van der Waals surface area contributed by atoms with Crippen LogP contribution in [0.5, 0.6) is 0 Å². The van der Waals surface area contributed by atoms with Gasteiger partial charge in [-0.05, 0) is 58.1 Å². The van der Waals surface area contributed by atoms with Crippen molar-refractivity contribution in [3.8, 4) is 0 Å². The standard InChI is InChI=1S/C25H34F5N5O2.3C2H6.CH3F/c1-15(26)11-18(20(28)12-16(2)27)13-19(31)14-21(36)32-7-10-35-17(3)22(33-24(35)23(29)30)25(37)34-8-5-4-6-9-34;4*1-2/h11-12,19,23H,4-10,13-14,31H2,1-3H3,(H,32,36);3*1-2H3;1H3/b15-11+,16-12+,20-18-;;;;. The lowest BCUT2D eigenvalue weighted by Gasteiger charge is -2.26. The fourth-order valence-corrected chi connectivity index (χ4v) is 4.16. The second kappa shape index (κ2) is 27.2. The van der Waals surface area contributed by atoms with Gasteiger partial charge in [0.1, 0.15) is 11.5 Å². The van der Waals surface area contributed by atoms with E-state index in [1.807, 2.05) is 41.5 Å². The molecule has 2 heterocycles. The number of nitrogens with two attached hydrogens (primary N) is 1. The molecule has 262 valence electrons. The summed E-state index contributed by atoms with van der Waals surface area (Å²) in [4.78, 5) is 30.6. The molecule has 1 unspecified atom stereocenters. The van der Waals surface area contributed by atoms with Crippen LogP contribution in [0.4, 0.5) is 26.3 Å². The van der Waals surface area contributed by atoms with Crippen LogP contribution in [0.25, 0.3) is 0 Å². The van der Waals surface area contributed by atoms with Crippen LogP contribution < -0.4 is 11.1 Å². The van der Waals surface area contributed by atoms with E-state index in [4.69, 9.17) is 5.73 Å². The predicted octanol–water partition coefficient (Wildman–Crippen LogP) is 8.61. The summed E-state index contributed by atoms with van der Waals surface area (Å²) in [5.41, 5.74) is 5.98. The quantitative estimate of drug-likeness (QED) is 0.184. The number of nitrogens with one attached hydrogen (secondary N) is 1. The number of imidazole rings is 1. The number of allylic oxidation sites excluding steroid dienone is 5. The summed E-state index contributed by atoms with van der Waals surface area (Å²) in [7, 11) is 0.500. The minimum Gasteiger partial charge on any atom is -0.354 e. The zero-order chi connectivity index (χ0) is 35.7. The molecule has 3 N–H and O–H groups in total. The molecule has 13 heteroatoms. The molecule has 0 aliphatic carbocycles. The summed E-state index contributed by atoms with van der Waals surface area (Å²) in [6.45, 7) is 16.7. The van der Waals surface area contributed by atoms with Gasteiger partial charge in [-0.25, -0.2) is 26.9 Å². The fourth-order valence-electron chi connectivity index (χ4n) is 4.16. The van der Waals surface area contributed by atoms with Crippen molar-refractivity contribution in [2.24, 2.45) is 5.73 Å². The number of carbonyl (C=O) groups excluding carboxylic acids is 2. The van der Waals surface area contributed by atoms with Gasteiger partial charge in [0.25, 0.3) is 12.3 Å². The molecule has 1 saturated heterocycles. The minimum atomic E-state index is -2.92. The van der Waals surface area contributed by atoms with Gasteiger partial charge in [-0.15, -0.1) is 0 Å². The van der Waals surface area contributed by atoms with Gasteiger partial charge in [0.2, 0.25) is 5.91 Å². The molecular formula is C32H55F6N5O2. The van der Waals surface area contributed by atoms with E-state index in [2.05, 4.69) is 10.3 Å². The lowest BCUT2D eigenvalue weighted by atomic mass is 10.0. The smallest absolute Gasteiger partial charge is 0.295 e. The van der Waals surface area contributed by atoms with E-state index in [0.29, 0.717) is 26.3 Å². The Hall–Kier alpha value is -3.09. The molecule has 2 amide bonds. The molecule has 1 aromatic rings. The Bertz CT molecular complexity index is 1060. The Kier molecular flexibility index (Phi) is 28.0. The summed E-state index contributed by atoms with van der Waals surface area (Å²) in [6.07, 6.45) is 0.765. The summed E-state index contributed by atoms with van der Waals surface area (Å²) in [6, 6.07) is -0.912. The van der Waals surface area contributed by atoms with Crippen LogP contribution in [-0.4, -0.2) is 59.1 Å². The highest BCUT2D eigenvalue weighted by molar-refractivity contribution is 5.93. The number of hydrogen-bond donors (Lipinski definition) is 2. The van der Waals surface area contributed by atoms with E-state index in [0.717, 1.165) is 39.2 Å². The van der Waals surface area contributed by atoms with Crippen molar-refractivity contribution in [2.75, 3.05) is 26.8 Å². The lowest BCUT2D eigenvalue weighted by molar-refractivity contribution is -0.121. The second-order valence-electron chi connectivity index (χ2n) is 9.06. The molecule has 1 fully saturated rings. The SMILES string of the molecule is CC.CC.CC.CF.C\C(F)=C/C(F)=C(\C=C(/C)F)CC(N)CC(=O)NCCn1c(C(F)F)nc(C(=O)N2CCCCC2)c1C. The van der Waals surface area contributed by atoms with Crippen molar-refractivity contribution in [2.45, 2.75) is 113 Å². The maximum Gasteiger partial charge on any atom is 0.295 e. The average molecular weight is 656 g/mol. The third-order valence-corrected chi connectivity index (χ3v) is 5.88. The van der Waals surface area contributed by atoms with Gasteiger partial charge in [-0.1, -0.05) is 41.5 Å². The minimum absolute atomic E-state index is 0.0272. The zero-order valence-electron chi connectivity index (χ0n) is 28.7. The van der Waals surface area contributed by atoms with Crippen LogP contribution in [0, 0.1) is 6.92 Å². The van der Waals surface area contributed by atoms with Crippen molar-refractivity contribution in [3.05, 3.63) is 52.4 Å². The molecule has 1 aliphatic rings. The molecule has 0 radical (unpaired) electrons. The number of likely N-dealkylation sites (tertiary alicyclic amines) is 1. The summed E-state index contributed by atoms with van der Waals surface area (Å²) >= 11 is 0. The van der Waals surface area contributed by atoms with Crippen LogP contribution in [0.15, 0.2) is 35.2 Å². The second-order valence-corrected chi connectivity index (χ2v) is 9.06. The Labute approximate surface area is 266 Å². The van der Waals surface area contributed by atoms with Gasteiger partial charge in [-0.2, -0.15) is 0 Å². The molecule has 0 spiro atoms. The molecule has 0 bridgehead atoms. The van der Waals surface area contributed by atoms with Crippen molar-refractivity contribution in [1.82, 2.24) is 19.8 Å². The third kappa shape index (κ3) is 17.8. The Balaban J connectivity index is -0.00000203.